The van der Waals surface area contributed by atoms with Gasteiger partial charge in [-0.25, -0.2) is 23.4 Å². The lowest BCUT2D eigenvalue weighted by atomic mass is 10.1. The number of hydrogen-bond donors (Lipinski definition) is 1. The Hall–Kier alpha value is -3.55. The molecule has 2 aliphatic rings. The summed E-state index contributed by atoms with van der Waals surface area (Å²) in [7, 11) is -3.88. The Morgan fingerprint density at radius 3 is 2.58 bits per heavy atom. The molecule has 1 saturated heterocycles. The van der Waals surface area contributed by atoms with E-state index in [9.17, 15) is 18.0 Å². The van der Waals surface area contributed by atoms with Crippen LogP contribution in [0.4, 0.5) is 5.69 Å². The van der Waals surface area contributed by atoms with E-state index in [1.165, 1.54) is 30.5 Å². The van der Waals surface area contributed by atoms with Gasteiger partial charge in [0.1, 0.15) is 5.25 Å². The molecule has 3 heterocycles. The standard InChI is InChI=1S/C20H15N5O6S2/c21-33(28,29)13-4-2-12(3-5-13)25-18(26)8-17(19(25)27)32-20-23-14(9-22-24-20)11-1-6-15-16(7-11)31-10-30-15/h1-7,9,17H,8,10H2,(H2,21,28,29). The lowest BCUT2D eigenvalue weighted by molar-refractivity contribution is -0.121. The molecule has 0 aliphatic carbocycles. The van der Waals surface area contributed by atoms with Crippen LogP contribution < -0.4 is 19.5 Å². The van der Waals surface area contributed by atoms with Crippen LogP contribution in [0.5, 0.6) is 11.5 Å². The van der Waals surface area contributed by atoms with Crippen molar-refractivity contribution in [3.63, 3.8) is 0 Å². The van der Waals surface area contributed by atoms with E-state index in [-0.39, 0.29) is 29.0 Å². The van der Waals surface area contributed by atoms with Crippen molar-refractivity contribution in [1.82, 2.24) is 15.2 Å². The van der Waals surface area contributed by atoms with Crippen LogP contribution in [-0.2, 0) is 19.6 Å². The molecule has 5 rings (SSSR count). The van der Waals surface area contributed by atoms with Crippen LogP contribution in [0.15, 0.2) is 58.7 Å². The first-order chi connectivity index (χ1) is 15.8. The smallest absolute Gasteiger partial charge is 0.247 e. The van der Waals surface area contributed by atoms with E-state index in [0.717, 1.165) is 22.2 Å². The summed E-state index contributed by atoms with van der Waals surface area (Å²) in [5.74, 6) is 0.370. The van der Waals surface area contributed by atoms with E-state index in [4.69, 9.17) is 14.6 Å². The summed E-state index contributed by atoms with van der Waals surface area (Å²) in [6.07, 6.45) is 1.43. The second-order valence-electron chi connectivity index (χ2n) is 7.11. The van der Waals surface area contributed by atoms with Crippen LogP contribution in [0.25, 0.3) is 11.3 Å². The Morgan fingerprint density at radius 2 is 1.82 bits per heavy atom. The molecule has 2 N–H and O–H groups in total. The highest BCUT2D eigenvalue weighted by Gasteiger charge is 2.40. The third-order valence-corrected chi connectivity index (χ3v) is 6.95. The zero-order chi connectivity index (χ0) is 23.2. The maximum Gasteiger partial charge on any atom is 0.247 e. The molecule has 13 heteroatoms. The topological polar surface area (TPSA) is 155 Å². The quantitative estimate of drug-likeness (QED) is 0.523. The number of rotatable bonds is 5. The molecule has 2 aromatic carbocycles. The average Bonchev–Trinajstić information content (AvgIpc) is 3.37. The monoisotopic (exact) mass is 485 g/mol. The number of nitrogens with two attached hydrogens (primary N) is 1. The molecule has 0 bridgehead atoms. The van der Waals surface area contributed by atoms with E-state index in [1.54, 1.807) is 12.1 Å². The lowest BCUT2D eigenvalue weighted by Gasteiger charge is -2.15. The highest BCUT2D eigenvalue weighted by Crippen LogP contribution is 2.36. The highest BCUT2D eigenvalue weighted by molar-refractivity contribution is 8.00. The van der Waals surface area contributed by atoms with Crippen LogP contribution in [0.3, 0.4) is 0 Å². The van der Waals surface area contributed by atoms with Gasteiger partial charge in [-0.2, -0.15) is 5.10 Å². The fraction of sp³-hybridized carbons (Fsp3) is 0.150. The fourth-order valence-electron chi connectivity index (χ4n) is 3.41. The average molecular weight is 486 g/mol. The summed E-state index contributed by atoms with van der Waals surface area (Å²) >= 11 is 1.03. The van der Waals surface area contributed by atoms with Crippen LogP contribution in [0, 0.1) is 0 Å². The number of thioether (sulfide) groups is 1. The van der Waals surface area contributed by atoms with Gasteiger partial charge in [-0.05, 0) is 42.5 Å². The molecule has 1 unspecified atom stereocenters. The van der Waals surface area contributed by atoms with Gasteiger partial charge in [0.2, 0.25) is 33.8 Å². The molecule has 168 valence electrons. The number of hydrogen-bond acceptors (Lipinski definition) is 10. The van der Waals surface area contributed by atoms with Crippen LogP contribution in [0.1, 0.15) is 6.42 Å². The SMILES string of the molecule is NS(=O)(=O)c1ccc(N2C(=O)CC(Sc3nncc(-c4ccc5c(c4)OCO5)n3)C2=O)cc1. The second-order valence-corrected chi connectivity index (χ2v) is 9.84. The first-order valence-corrected chi connectivity index (χ1v) is 12.0. The molecule has 1 atom stereocenters. The van der Waals surface area contributed by atoms with Crippen molar-refractivity contribution < 1.29 is 27.5 Å². The third-order valence-electron chi connectivity index (χ3n) is 4.98. The molecule has 0 saturated carbocycles. The summed E-state index contributed by atoms with van der Waals surface area (Å²) in [6, 6.07) is 10.6. The number of carbonyl (C=O) groups is 2. The molecule has 0 spiro atoms. The minimum Gasteiger partial charge on any atom is -0.454 e. The second kappa shape index (κ2) is 8.10. The van der Waals surface area contributed by atoms with Crippen molar-refractivity contribution in [2.45, 2.75) is 21.7 Å². The predicted molar refractivity (Wildman–Crippen MR) is 116 cm³/mol. The van der Waals surface area contributed by atoms with Crippen molar-refractivity contribution in [2.75, 3.05) is 11.7 Å². The van der Waals surface area contributed by atoms with Crippen LogP contribution in [-0.4, -0.2) is 47.5 Å². The Morgan fingerprint density at radius 1 is 1.06 bits per heavy atom. The molecule has 1 fully saturated rings. The first kappa shape index (κ1) is 21.3. The number of fused-ring (bicyclic) bond motifs is 1. The Bertz CT molecular complexity index is 1380. The molecule has 1 aromatic heterocycles. The van der Waals surface area contributed by atoms with E-state index in [0.29, 0.717) is 17.2 Å². The van der Waals surface area contributed by atoms with Crippen LogP contribution in [0.2, 0.25) is 0 Å². The summed E-state index contributed by atoms with van der Waals surface area (Å²) < 4.78 is 33.6. The van der Waals surface area contributed by atoms with Gasteiger partial charge in [0, 0.05) is 12.0 Å². The van der Waals surface area contributed by atoms with E-state index < -0.39 is 27.1 Å². The van der Waals surface area contributed by atoms with Gasteiger partial charge in [0.15, 0.2) is 11.5 Å². The van der Waals surface area contributed by atoms with Gasteiger partial charge in [0.25, 0.3) is 0 Å². The zero-order valence-corrected chi connectivity index (χ0v) is 18.4. The summed E-state index contributed by atoms with van der Waals surface area (Å²) in [5.41, 5.74) is 1.52. The Balaban J connectivity index is 1.35. The molecule has 0 radical (unpaired) electrons. The number of anilines is 1. The maximum atomic E-state index is 12.9. The number of primary sulfonamides is 1. The molecular weight excluding hydrogens is 470 g/mol. The third kappa shape index (κ3) is 4.13. The number of aromatic nitrogens is 3. The number of ether oxygens (including phenoxy) is 2. The van der Waals surface area contributed by atoms with Gasteiger partial charge in [0.05, 0.1) is 22.5 Å². The number of benzene rings is 2. The number of amides is 2. The summed E-state index contributed by atoms with van der Waals surface area (Å²) in [5, 5.41) is 12.5. The Labute approximate surface area is 192 Å². The lowest BCUT2D eigenvalue weighted by Crippen LogP contribution is -2.31. The summed E-state index contributed by atoms with van der Waals surface area (Å²) in [4.78, 5) is 30.8. The van der Waals surface area contributed by atoms with Crippen molar-refractivity contribution in [1.29, 1.82) is 0 Å². The molecule has 33 heavy (non-hydrogen) atoms. The molecule has 2 amide bonds. The first-order valence-electron chi connectivity index (χ1n) is 9.56. The Kier molecular flexibility index (Phi) is 5.23. The number of nitrogens with zero attached hydrogens (tertiary/aromatic N) is 4. The predicted octanol–water partition coefficient (Wildman–Crippen LogP) is 1.34. The van der Waals surface area contributed by atoms with Crippen molar-refractivity contribution in [3.8, 4) is 22.8 Å². The van der Waals surface area contributed by atoms with Gasteiger partial charge in [-0.3, -0.25) is 9.59 Å². The maximum absolute atomic E-state index is 12.9. The molecule has 2 aliphatic heterocycles. The molecular formula is C20H15N5O6S2. The van der Waals surface area contributed by atoms with Crippen molar-refractivity contribution >= 4 is 39.3 Å². The summed E-state index contributed by atoms with van der Waals surface area (Å²) in [6.45, 7) is 0.154. The zero-order valence-electron chi connectivity index (χ0n) is 16.7. The minimum absolute atomic E-state index is 0.0575. The highest BCUT2D eigenvalue weighted by atomic mass is 32.2. The van der Waals surface area contributed by atoms with Gasteiger partial charge in [-0.15, -0.1) is 5.10 Å². The molecule has 3 aromatic rings. The largest absolute Gasteiger partial charge is 0.454 e. The normalized spacial score (nSPS) is 17.6. The number of imide groups is 1. The van der Waals surface area contributed by atoms with Gasteiger partial charge < -0.3 is 9.47 Å². The van der Waals surface area contributed by atoms with E-state index in [2.05, 4.69) is 15.2 Å². The van der Waals surface area contributed by atoms with Gasteiger partial charge >= 0.3 is 0 Å². The van der Waals surface area contributed by atoms with Crippen LogP contribution >= 0.6 is 11.8 Å². The van der Waals surface area contributed by atoms with Crippen molar-refractivity contribution in [3.05, 3.63) is 48.7 Å². The fourth-order valence-corrected chi connectivity index (χ4v) is 4.86. The van der Waals surface area contributed by atoms with Crippen molar-refractivity contribution in [2.24, 2.45) is 5.14 Å². The van der Waals surface area contributed by atoms with E-state index >= 15 is 0 Å². The van der Waals surface area contributed by atoms with E-state index in [1.807, 2.05) is 6.07 Å². The van der Waals surface area contributed by atoms with Gasteiger partial charge in [-0.1, -0.05) is 11.8 Å². The number of sulfonamides is 1. The number of carbonyl (C=O) groups excluding carboxylic acids is 2. The molecule has 11 nitrogen and oxygen atoms in total. The minimum atomic E-state index is -3.88.